The topological polar surface area (TPSA) is 64.4 Å². The maximum absolute atomic E-state index is 5.71. The molecule has 0 aliphatic carbocycles. The van der Waals surface area contributed by atoms with E-state index in [1.165, 1.54) is 0 Å². The minimum atomic E-state index is 0.252. The van der Waals surface area contributed by atoms with E-state index >= 15 is 0 Å². The van der Waals surface area contributed by atoms with Crippen LogP contribution in [0.4, 0.5) is 0 Å². The molecule has 0 atom stereocenters. The fraction of sp³-hybridized carbons (Fsp3) is 0.167. The predicted octanol–water partition coefficient (Wildman–Crippen LogP) is 3.80. The largest absolute Gasteiger partial charge is 0.493 e. The first-order valence-electron chi connectivity index (χ1n) is 7.88. The molecule has 0 aliphatic heterocycles. The van der Waals surface area contributed by atoms with E-state index in [1.54, 1.807) is 10.9 Å². The van der Waals surface area contributed by atoms with Gasteiger partial charge >= 0.3 is 0 Å². The summed E-state index contributed by atoms with van der Waals surface area (Å²) in [6.07, 6.45) is 1.70. The molecular weight excluding hydrogens is 336 g/mol. The van der Waals surface area contributed by atoms with Gasteiger partial charge in [0.1, 0.15) is 18.1 Å². The number of hydrogen-bond acceptors (Lipinski definition) is 5. The molecule has 128 valence electrons. The van der Waals surface area contributed by atoms with E-state index in [4.69, 9.17) is 21.7 Å². The normalized spacial score (nSPS) is 10.9. The van der Waals surface area contributed by atoms with Gasteiger partial charge in [-0.25, -0.2) is 5.10 Å². The van der Waals surface area contributed by atoms with Gasteiger partial charge in [-0.3, -0.25) is 0 Å². The van der Waals surface area contributed by atoms with Gasteiger partial charge in [0.2, 0.25) is 4.77 Å². The zero-order valence-electron chi connectivity index (χ0n) is 13.8. The molecule has 3 aromatic rings. The Labute approximate surface area is 150 Å². The lowest BCUT2D eigenvalue weighted by Gasteiger charge is -2.07. The van der Waals surface area contributed by atoms with Gasteiger partial charge in [-0.2, -0.15) is 14.9 Å². The Bertz CT molecular complexity index is 903. The molecule has 1 aromatic heterocycles. The Morgan fingerprint density at radius 3 is 2.68 bits per heavy atom. The Hall–Kier alpha value is -2.93. The molecule has 3 rings (SSSR count). The highest BCUT2D eigenvalue weighted by atomic mass is 32.1. The summed E-state index contributed by atoms with van der Waals surface area (Å²) in [4.78, 5) is 0. The lowest BCUT2D eigenvalue weighted by atomic mass is 10.2. The highest BCUT2D eigenvalue weighted by Gasteiger charge is 2.07. The van der Waals surface area contributed by atoms with Crippen molar-refractivity contribution in [2.24, 2.45) is 5.10 Å². The highest BCUT2D eigenvalue weighted by Crippen LogP contribution is 2.16. The maximum Gasteiger partial charge on any atom is 0.216 e. The number of nitrogens with one attached hydrogen (secondary N) is 1. The summed E-state index contributed by atoms with van der Waals surface area (Å²) in [6, 6.07) is 17.2. The number of nitrogens with zero attached hydrogens (tertiary/aromatic N) is 3. The second-order valence-electron chi connectivity index (χ2n) is 5.07. The van der Waals surface area contributed by atoms with Gasteiger partial charge in [0, 0.05) is 5.56 Å². The van der Waals surface area contributed by atoms with Crippen LogP contribution in [0.5, 0.6) is 11.5 Å². The third-order valence-electron chi connectivity index (χ3n) is 3.36. The van der Waals surface area contributed by atoms with Crippen molar-refractivity contribution in [3.05, 3.63) is 70.8 Å². The van der Waals surface area contributed by atoms with Crippen LogP contribution in [-0.4, -0.2) is 27.7 Å². The number of ether oxygens (including phenoxy) is 2. The molecule has 1 N–H and O–H groups in total. The third-order valence-corrected chi connectivity index (χ3v) is 3.62. The summed E-state index contributed by atoms with van der Waals surface area (Å²) >= 11 is 5.25. The zero-order valence-corrected chi connectivity index (χ0v) is 14.6. The maximum atomic E-state index is 5.71. The fourth-order valence-corrected chi connectivity index (χ4v) is 2.39. The molecule has 0 spiro atoms. The molecule has 25 heavy (non-hydrogen) atoms. The molecule has 0 fully saturated rings. The first-order valence-corrected chi connectivity index (χ1v) is 8.29. The van der Waals surface area contributed by atoms with Crippen LogP contribution >= 0.6 is 12.2 Å². The Morgan fingerprint density at radius 2 is 1.88 bits per heavy atom. The minimum absolute atomic E-state index is 0.252. The molecule has 6 nitrogen and oxygen atoms in total. The average molecular weight is 354 g/mol. The van der Waals surface area contributed by atoms with Crippen LogP contribution < -0.4 is 9.47 Å². The van der Waals surface area contributed by atoms with E-state index in [9.17, 15) is 0 Å². The van der Waals surface area contributed by atoms with Gasteiger partial charge in [-0.05, 0) is 43.4 Å². The number of benzene rings is 2. The van der Waals surface area contributed by atoms with E-state index in [1.807, 2.05) is 61.5 Å². The number of hydrogen-bond donors (Lipinski definition) is 1. The fourth-order valence-electron chi connectivity index (χ4n) is 2.20. The lowest BCUT2D eigenvalue weighted by molar-refractivity contribution is 0.290. The number of H-pyrrole nitrogens is 1. The van der Waals surface area contributed by atoms with Gasteiger partial charge in [0.25, 0.3) is 0 Å². The second kappa shape index (κ2) is 8.25. The number of aromatic nitrogens is 3. The lowest BCUT2D eigenvalue weighted by Crippen LogP contribution is -2.04. The first-order chi connectivity index (χ1) is 12.3. The van der Waals surface area contributed by atoms with E-state index in [0.717, 1.165) is 17.1 Å². The number of para-hydroxylation sites is 2. The van der Waals surface area contributed by atoms with Crippen molar-refractivity contribution in [1.29, 1.82) is 0 Å². The predicted molar refractivity (Wildman–Crippen MR) is 98.8 cm³/mol. The first kappa shape index (κ1) is 16.9. The van der Waals surface area contributed by atoms with E-state index in [2.05, 4.69) is 15.3 Å². The van der Waals surface area contributed by atoms with Crippen molar-refractivity contribution in [2.75, 3.05) is 6.61 Å². The Balaban J connectivity index is 1.79. The summed E-state index contributed by atoms with van der Waals surface area (Å²) in [5.74, 6) is 2.11. The molecule has 0 aliphatic rings. The van der Waals surface area contributed by atoms with Gasteiger partial charge < -0.3 is 9.47 Å². The van der Waals surface area contributed by atoms with Gasteiger partial charge in [-0.1, -0.05) is 30.3 Å². The van der Waals surface area contributed by atoms with Crippen molar-refractivity contribution in [2.45, 2.75) is 13.5 Å². The van der Waals surface area contributed by atoms with Crippen LogP contribution in [0.2, 0.25) is 0 Å². The minimum Gasteiger partial charge on any atom is -0.493 e. The van der Waals surface area contributed by atoms with Crippen molar-refractivity contribution < 1.29 is 9.47 Å². The van der Waals surface area contributed by atoms with Crippen LogP contribution in [0.25, 0.3) is 0 Å². The SMILES string of the molecule is CCOc1ccccc1/C=N\n1c(COc2ccccc2)n[nH]c1=S. The monoisotopic (exact) mass is 354 g/mol. The van der Waals surface area contributed by atoms with E-state index in [-0.39, 0.29) is 6.61 Å². The second-order valence-corrected chi connectivity index (χ2v) is 5.46. The molecule has 1 heterocycles. The van der Waals surface area contributed by atoms with Crippen LogP contribution in [0.1, 0.15) is 18.3 Å². The van der Waals surface area contributed by atoms with Crippen molar-refractivity contribution in [3.8, 4) is 11.5 Å². The molecule has 0 unspecified atom stereocenters. The standard InChI is InChI=1S/C18H18N4O2S/c1-2-23-16-11-7-6-8-14(16)12-19-22-17(20-21-18(22)25)13-24-15-9-4-3-5-10-15/h3-12H,2,13H2,1H3,(H,21,25)/b19-12-. The molecule has 0 radical (unpaired) electrons. The number of rotatable bonds is 7. The van der Waals surface area contributed by atoms with Crippen LogP contribution in [0.15, 0.2) is 59.7 Å². The van der Waals surface area contributed by atoms with E-state index in [0.29, 0.717) is 17.2 Å². The molecule has 0 amide bonds. The van der Waals surface area contributed by atoms with Gasteiger partial charge in [0.05, 0.1) is 12.8 Å². The quantitative estimate of drug-likeness (QED) is 0.518. The summed E-state index contributed by atoms with van der Waals surface area (Å²) < 4.78 is 13.3. The Morgan fingerprint density at radius 1 is 1.12 bits per heavy atom. The van der Waals surface area contributed by atoms with Crippen molar-refractivity contribution in [1.82, 2.24) is 14.9 Å². The number of aromatic amines is 1. The molecule has 0 saturated heterocycles. The third kappa shape index (κ3) is 4.33. The molecule has 0 bridgehead atoms. The smallest absolute Gasteiger partial charge is 0.216 e. The van der Waals surface area contributed by atoms with Gasteiger partial charge in [0.15, 0.2) is 5.82 Å². The van der Waals surface area contributed by atoms with Crippen LogP contribution in [0.3, 0.4) is 0 Å². The summed E-state index contributed by atoms with van der Waals surface area (Å²) in [7, 11) is 0. The molecule has 7 heteroatoms. The summed E-state index contributed by atoms with van der Waals surface area (Å²) in [5.41, 5.74) is 0.863. The zero-order chi connectivity index (χ0) is 17.5. The summed E-state index contributed by atoms with van der Waals surface area (Å²) in [5, 5.41) is 11.3. The summed E-state index contributed by atoms with van der Waals surface area (Å²) in [6.45, 7) is 2.78. The van der Waals surface area contributed by atoms with Gasteiger partial charge in [-0.15, -0.1) is 0 Å². The van der Waals surface area contributed by atoms with Crippen LogP contribution in [0, 0.1) is 4.77 Å². The average Bonchev–Trinajstić information content (AvgIpc) is 3.00. The highest BCUT2D eigenvalue weighted by molar-refractivity contribution is 7.71. The van der Waals surface area contributed by atoms with Crippen molar-refractivity contribution in [3.63, 3.8) is 0 Å². The molecular formula is C18H18N4O2S. The molecule has 0 saturated carbocycles. The van der Waals surface area contributed by atoms with Crippen LogP contribution in [-0.2, 0) is 6.61 Å². The molecule has 2 aromatic carbocycles. The Kier molecular flexibility index (Phi) is 5.58. The van der Waals surface area contributed by atoms with E-state index < -0.39 is 0 Å². The van der Waals surface area contributed by atoms with Crippen molar-refractivity contribution >= 4 is 18.4 Å².